The average Bonchev–Trinajstić information content (AvgIpc) is 3.36. The van der Waals surface area contributed by atoms with Crippen LogP contribution in [0.15, 0.2) is 0 Å². The molecule has 8 heteroatoms. The molecular weight excluding hydrogens is 346 g/mol. The van der Waals surface area contributed by atoms with E-state index in [0.29, 0.717) is 30.4 Å². The standard InChI is InChI=1S/C19H35N5O3/c1-11-20-9-16(24(11)2)19(25)21-15-7-5-12-8-13(4-6-14(12)15)18-22-17(10-26-3)27-23-18/h11-18,20,22-23H,4-10H2,1-3H3,(H,21,25)/t11?,12?,13?,14?,15-,16?,17?,18?/m1/s1. The molecule has 8 nitrogen and oxygen atoms in total. The van der Waals surface area contributed by atoms with Crippen molar-refractivity contribution < 1.29 is 14.4 Å². The zero-order chi connectivity index (χ0) is 19.0. The average molecular weight is 382 g/mol. The minimum Gasteiger partial charge on any atom is -0.380 e. The van der Waals surface area contributed by atoms with Gasteiger partial charge in [0.15, 0.2) is 6.23 Å². The van der Waals surface area contributed by atoms with Crippen molar-refractivity contribution in [2.75, 3.05) is 27.3 Å². The molecule has 2 aliphatic carbocycles. The third-order valence-corrected chi connectivity index (χ3v) is 7.28. The van der Waals surface area contributed by atoms with Crippen LogP contribution in [0.2, 0.25) is 0 Å². The Balaban J connectivity index is 1.28. The van der Waals surface area contributed by atoms with Gasteiger partial charge in [-0.05, 0) is 63.8 Å². The molecule has 154 valence electrons. The van der Waals surface area contributed by atoms with E-state index in [1.807, 2.05) is 7.05 Å². The molecule has 4 N–H and O–H groups in total. The van der Waals surface area contributed by atoms with E-state index < -0.39 is 0 Å². The molecule has 2 saturated carbocycles. The van der Waals surface area contributed by atoms with E-state index in [1.54, 1.807) is 7.11 Å². The Morgan fingerprint density at radius 1 is 1.26 bits per heavy atom. The van der Waals surface area contributed by atoms with Crippen molar-refractivity contribution in [3.8, 4) is 0 Å². The SMILES string of the molecule is COCC1NC(C2CCC3C(CC[C@H]3NC(=O)C3CNC(C)N3C)C2)NO1. The van der Waals surface area contributed by atoms with Crippen LogP contribution in [-0.4, -0.2) is 68.8 Å². The minimum absolute atomic E-state index is 0.0443. The summed E-state index contributed by atoms with van der Waals surface area (Å²) in [7, 11) is 3.72. The molecule has 2 saturated heterocycles. The molecule has 0 aromatic carbocycles. The van der Waals surface area contributed by atoms with Crippen LogP contribution in [0.3, 0.4) is 0 Å². The van der Waals surface area contributed by atoms with Gasteiger partial charge in [0.25, 0.3) is 0 Å². The summed E-state index contributed by atoms with van der Waals surface area (Å²) in [5.41, 5.74) is 3.16. The number of methoxy groups -OCH3 is 1. The maximum absolute atomic E-state index is 12.8. The molecule has 8 atom stereocenters. The molecule has 1 amide bonds. The summed E-state index contributed by atoms with van der Waals surface area (Å²) in [6.07, 6.45) is 6.30. The molecule has 0 spiro atoms. The van der Waals surface area contributed by atoms with Crippen molar-refractivity contribution in [3.63, 3.8) is 0 Å². The maximum Gasteiger partial charge on any atom is 0.238 e. The van der Waals surface area contributed by atoms with E-state index >= 15 is 0 Å². The Labute approximate surface area is 162 Å². The van der Waals surface area contributed by atoms with E-state index in [9.17, 15) is 4.79 Å². The highest BCUT2D eigenvalue weighted by molar-refractivity contribution is 5.82. The Hall–Kier alpha value is -0.770. The van der Waals surface area contributed by atoms with Gasteiger partial charge >= 0.3 is 0 Å². The zero-order valence-electron chi connectivity index (χ0n) is 16.7. The highest BCUT2D eigenvalue weighted by Crippen LogP contribution is 2.45. The lowest BCUT2D eigenvalue weighted by Crippen LogP contribution is -2.50. The lowest BCUT2D eigenvalue weighted by atomic mass is 9.74. The second-order valence-electron chi connectivity index (χ2n) is 8.78. The largest absolute Gasteiger partial charge is 0.380 e. The molecule has 7 unspecified atom stereocenters. The van der Waals surface area contributed by atoms with Crippen LogP contribution in [0, 0.1) is 17.8 Å². The van der Waals surface area contributed by atoms with Crippen LogP contribution in [0.25, 0.3) is 0 Å². The first kappa shape index (κ1) is 19.5. The number of hydroxylamine groups is 1. The number of carbonyl (C=O) groups is 1. The van der Waals surface area contributed by atoms with Crippen LogP contribution in [0.4, 0.5) is 0 Å². The van der Waals surface area contributed by atoms with E-state index in [0.717, 1.165) is 13.0 Å². The van der Waals surface area contributed by atoms with E-state index in [-0.39, 0.29) is 30.5 Å². The van der Waals surface area contributed by atoms with Crippen molar-refractivity contribution in [1.29, 1.82) is 0 Å². The van der Waals surface area contributed by atoms with E-state index in [2.05, 4.69) is 33.3 Å². The molecular formula is C19H35N5O3. The summed E-state index contributed by atoms with van der Waals surface area (Å²) in [5.74, 6) is 2.10. The first-order valence-corrected chi connectivity index (χ1v) is 10.5. The maximum atomic E-state index is 12.8. The summed E-state index contributed by atoms with van der Waals surface area (Å²) in [5, 5.41) is 10.2. The Kier molecular flexibility index (Phi) is 6.01. The molecule has 4 fully saturated rings. The number of carbonyl (C=O) groups excluding carboxylic acids is 1. The van der Waals surface area contributed by atoms with Gasteiger partial charge in [0.05, 0.1) is 18.9 Å². The number of hydrogen-bond acceptors (Lipinski definition) is 7. The van der Waals surface area contributed by atoms with Gasteiger partial charge in [-0.15, -0.1) is 0 Å². The number of likely N-dealkylation sites (N-methyl/N-ethyl adjacent to an activating group) is 1. The summed E-state index contributed by atoms with van der Waals surface area (Å²) >= 11 is 0. The van der Waals surface area contributed by atoms with Crippen molar-refractivity contribution in [1.82, 2.24) is 26.3 Å². The molecule has 0 bridgehead atoms. The smallest absolute Gasteiger partial charge is 0.238 e. The second-order valence-corrected chi connectivity index (χ2v) is 8.78. The van der Waals surface area contributed by atoms with Gasteiger partial charge in [0, 0.05) is 19.7 Å². The van der Waals surface area contributed by atoms with Crippen molar-refractivity contribution in [2.45, 2.75) is 69.7 Å². The third-order valence-electron chi connectivity index (χ3n) is 7.28. The van der Waals surface area contributed by atoms with Crippen molar-refractivity contribution in [3.05, 3.63) is 0 Å². The van der Waals surface area contributed by atoms with Gasteiger partial charge in [-0.2, -0.15) is 5.48 Å². The quantitative estimate of drug-likeness (QED) is 0.532. The molecule has 0 aromatic rings. The number of nitrogens with zero attached hydrogens (tertiary/aromatic N) is 1. The Morgan fingerprint density at radius 2 is 2.07 bits per heavy atom. The van der Waals surface area contributed by atoms with Crippen LogP contribution >= 0.6 is 0 Å². The fourth-order valence-corrected chi connectivity index (χ4v) is 5.56. The number of ether oxygens (including phenoxy) is 1. The molecule has 2 aliphatic heterocycles. The van der Waals surface area contributed by atoms with Crippen LogP contribution in [0.5, 0.6) is 0 Å². The normalized spacial score (nSPS) is 45.1. The molecule has 2 heterocycles. The number of rotatable bonds is 5. The Bertz CT molecular complexity index is 535. The van der Waals surface area contributed by atoms with Gasteiger partial charge in [0.2, 0.25) is 5.91 Å². The van der Waals surface area contributed by atoms with Gasteiger partial charge in [0.1, 0.15) is 6.04 Å². The van der Waals surface area contributed by atoms with Crippen LogP contribution in [0.1, 0.15) is 39.0 Å². The molecule has 27 heavy (non-hydrogen) atoms. The molecule has 4 rings (SSSR count). The fraction of sp³-hybridized carbons (Fsp3) is 0.947. The summed E-state index contributed by atoms with van der Waals surface area (Å²) < 4.78 is 5.16. The predicted molar refractivity (Wildman–Crippen MR) is 101 cm³/mol. The lowest BCUT2D eigenvalue weighted by Gasteiger charge is -2.37. The molecule has 0 aromatic heterocycles. The number of nitrogens with one attached hydrogen (secondary N) is 4. The first-order chi connectivity index (χ1) is 13.1. The fourth-order valence-electron chi connectivity index (χ4n) is 5.56. The Morgan fingerprint density at radius 3 is 2.81 bits per heavy atom. The highest BCUT2D eigenvalue weighted by Gasteiger charge is 2.44. The third kappa shape index (κ3) is 4.02. The van der Waals surface area contributed by atoms with E-state index in [1.165, 1.54) is 25.7 Å². The van der Waals surface area contributed by atoms with Crippen molar-refractivity contribution in [2.24, 2.45) is 17.8 Å². The second kappa shape index (κ2) is 8.31. The van der Waals surface area contributed by atoms with Gasteiger partial charge in [-0.25, -0.2) is 0 Å². The molecule has 4 aliphatic rings. The summed E-state index contributed by atoms with van der Waals surface area (Å²) in [6.45, 7) is 3.40. The van der Waals surface area contributed by atoms with E-state index in [4.69, 9.17) is 9.57 Å². The predicted octanol–water partition coefficient (Wildman–Crippen LogP) is -0.0299. The summed E-state index contributed by atoms with van der Waals surface area (Å²) in [4.78, 5) is 20.5. The number of hydrogen-bond donors (Lipinski definition) is 4. The monoisotopic (exact) mass is 381 g/mol. The number of fused-ring (bicyclic) bond motifs is 1. The first-order valence-electron chi connectivity index (χ1n) is 10.5. The van der Waals surface area contributed by atoms with Gasteiger partial charge < -0.3 is 10.1 Å². The van der Waals surface area contributed by atoms with Gasteiger partial charge in [-0.1, -0.05) is 0 Å². The van der Waals surface area contributed by atoms with Crippen LogP contribution < -0.4 is 21.4 Å². The lowest BCUT2D eigenvalue weighted by molar-refractivity contribution is -0.126. The minimum atomic E-state index is -0.0623. The topological polar surface area (TPSA) is 86.9 Å². The van der Waals surface area contributed by atoms with Crippen molar-refractivity contribution >= 4 is 5.91 Å². The highest BCUT2D eigenvalue weighted by atomic mass is 16.7. The summed E-state index contributed by atoms with van der Waals surface area (Å²) in [6, 6.07) is 0.298. The zero-order valence-corrected chi connectivity index (χ0v) is 16.7. The van der Waals surface area contributed by atoms with Gasteiger partial charge in [-0.3, -0.25) is 25.2 Å². The number of amides is 1. The van der Waals surface area contributed by atoms with Crippen LogP contribution in [-0.2, 0) is 14.4 Å². The molecule has 0 radical (unpaired) electrons.